The summed E-state index contributed by atoms with van der Waals surface area (Å²) in [5.74, 6) is 0.507. The lowest BCUT2D eigenvalue weighted by atomic mass is 9.93. The smallest absolute Gasteiger partial charge is 0.122 e. The van der Waals surface area contributed by atoms with Crippen molar-refractivity contribution >= 4 is 0 Å². The highest BCUT2D eigenvalue weighted by molar-refractivity contribution is 5.46. The summed E-state index contributed by atoms with van der Waals surface area (Å²) >= 11 is 0. The largest absolute Gasteiger partial charge is 0.508 e. The van der Waals surface area contributed by atoms with Gasteiger partial charge in [-0.3, -0.25) is 0 Å². The van der Waals surface area contributed by atoms with Gasteiger partial charge in [0.05, 0.1) is 11.2 Å². The Morgan fingerprint density at radius 3 is 2.10 bits per heavy atom. The first kappa shape index (κ1) is 17.8. The predicted octanol–water partition coefficient (Wildman–Crippen LogP) is 4.58. The molecule has 0 saturated carbocycles. The number of hydrogen-bond donors (Lipinski definition) is 2. The molecule has 2 N–H and O–H groups in total. The van der Waals surface area contributed by atoms with E-state index in [4.69, 9.17) is 4.74 Å². The Hall–Kier alpha value is -1.22. The van der Waals surface area contributed by atoms with Crippen LogP contribution >= 0.6 is 0 Å². The molecule has 0 atom stereocenters. The molecule has 0 aliphatic carbocycles. The van der Waals surface area contributed by atoms with Crippen LogP contribution in [0.1, 0.15) is 65.5 Å². The van der Waals surface area contributed by atoms with Crippen LogP contribution in [0.15, 0.2) is 12.1 Å². The molecular weight excluding hydrogens is 264 g/mol. The van der Waals surface area contributed by atoms with E-state index < -0.39 is 5.60 Å². The van der Waals surface area contributed by atoms with E-state index in [1.165, 1.54) is 0 Å². The second-order valence-corrected chi connectivity index (χ2v) is 7.37. The van der Waals surface area contributed by atoms with Crippen molar-refractivity contribution in [3.05, 3.63) is 23.3 Å². The average Bonchev–Trinajstić information content (AvgIpc) is 2.27. The highest BCUT2D eigenvalue weighted by Gasteiger charge is 2.27. The summed E-state index contributed by atoms with van der Waals surface area (Å²) < 4.78 is 6.05. The van der Waals surface area contributed by atoms with Gasteiger partial charge < -0.3 is 14.9 Å². The number of ether oxygens (including phenoxy) is 1. The lowest BCUT2D eigenvalue weighted by Gasteiger charge is -2.34. The maximum Gasteiger partial charge on any atom is 0.122 e. The Bertz CT molecular complexity index is 470. The van der Waals surface area contributed by atoms with Gasteiger partial charge in [-0.25, -0.2) is 0 Å². The number of phenolic OH excluding ortho intramolecular Hbond substituents is 2. The Balaban J connectivity index is 2.99. The van der Waals surface area contributed by atoms with Crippen molar-refractivity contribution in [2.75, 3.05) is 0 Å². The summed E-state index contributed by atoms with van der Waals surface area (Å²) in [6.45, 7) is 12.2. The number of rotatable bonds is 6. The number of hydrogen-bond acceptors (Lipinski definition) is 3. The summed E-state index contributed by atoms with van der Waals surface area (Å²) in [4.78, 5) is 0. The molecule has 3 nitrogen and oxygen atoms in total. The summed E-state index contributed by atoms with van der Waals surface area (Å²) in [6, 6.07) is 3.30. The number of unbranched alkanes of at least 4 members (excludes halogenated alkanes) is 1. The minimum atomic E-state index is -0.411. The third kappa shape index (κ3) is 5.96. The van der Waals surface area contributed by atoms with Gasteiger partial charge in [-0.1, -0.05) is 13.3 Å². The maximum absolute atomic E-state index is 10.4. The molecule has 0 bridgehead atoms. The minimum absolute atomic E-state index is 0.209. The molecule has 1 aromatic rings. The fourth-order valence-electron chi connectivity index (χ4n) is 2.76. The van der Waals surface area contributed by atoms with Crippen molar-refractivity contribution in [3.8, 4) is 11.5 Å². The van der Waals surface area contributed by atoms with Crippen LogP contribution in [0.5, 0.6) is 11.5 Å². The zero-order valence-corrected chi connectivity index (χ0v) is 14.3. The summed E-state index contributed by atoms with van der Waals surface area (Å²) in [6.07, 6.45) is 3.40. The van der Waals surface area contributed by atoms with Gasteiger partial charge in [0.2, 0.25) is 0 Å². The quantitative estimate of drug-likeness (QED) is 0.755. The second-order valence-electron chi connectivity index (χ2n) is 7.37. The monoisotopic (exact) mass is 294 g/mol. The van der Waals surface area contributed by atoms with Crippen LogP contribution in [0.25, 0.3) is 0 Å². The summed E-state index contributed by atoms with van der Waals surface area (Å²) in [5, 5.41) is 20.3. The second kappa shape index (κ2) is 6.69. The van der Waals surface area contributed by atoms with Crippen molar-refractivity contribution in [2.24, 2.45) is 0 Å². The van der Waals surface area contributed by atoms with Gasteiger partial charge in [-0.05, 0) is 65.2 Å². The number of phenols is 2. The van der Waals surface area contributed by atoms with Crippen molar-refractivity contribution in [1.82, 2.24) is 0 Å². The van der Waals surface area contributed by atoms with Crippen LogP contribution in [0, 0.1) is 0 Å². The molecule has 0 fully saturated rings. The molecular formula is C18H30O3. The normalized spacial score (nSPS) is 12.7. The van der Waals surface area contributed by atoms with Crippen molar-refractivity contribution in [2.45, 2.75) is 78.4 Å². The van der Waals surface area contributed by atoms with E-state index in [-0.39, 0.29) is 11.4 Å². The fourth-order valence-corrected chi connectivity index (χ4v) is 2.76. The Morgan fingerprint density at radius 2 is 1.57 bits per heavy atom. The average molecular weight is 294 g/mol. The molecule has 1 aromatic carbocycles. The SMILES string of the molecule is CCCCc1cc(O)cc(CC(C)(C)OC(C)(C)C)c1O. The third-order valence-corrected chi connectivity index (χ3v) is 3.25. The van der Waals surface area contributed by atoms with Crippen molar-refractivity contribution < 1.29 is 14.9 Å². The Kier molecular flexibility index (Phi) is 5.68. The minimum Gasteiger partial charge on any atom is -0.508 e. The van der Waals surface area contributed by atoms with Gasteiger partial charge in [-0.2, -0.15) is 0 Å². The highest BCUT2D eigenvalue weighted by Crippen LogP contribution is 2.33. The lowest BCUT2D eigenvalue weighted by Crippen LogP contribution is -2.36. The van der Waals surface area contributed by atoms with Gasteiger partial charge in [0.1, 0.15) is 11.5 Å². The Morgan fingerprint density at radius 1 is 1.00 bits per heavy atom. The first-order valence-electron chi connectivity index (χ1n) is 7.78. The van der Waals surface area contributed by atoms with Crippen LogP contribution in [-0.4, -0.2) is 21.4 Å². The molecule has 0 radical (unpaired) electrons. The summed E-state index contributed by atoms with van der Waals surface area (Å²) in [7, 11) is 0. The first-order valence-corrected chi connectivity index (χ1v) is 7.78. The van der Waals surface area contributed by atoms with E-state index in [1.807, 2.05) is 34.6 Å². The van der Waals surface area contributed by atoms with E-state index in [0.717, 1.165) is 30.4 Å². The topological polar surface area (TPSA) is 49.7 Å². The molecule has 0 spiro atoms. The van der Waals surface area contributed by atoms with E-state index in [2.05, 4.69) is 6.92 Å². The van der Waals surface area contributed by atoms with Crippen LogP contribution in [0.3, 0.4) is 0 Å². The molecule has 0 saturated heterocycles. The number of aromatic hydroxyl groups is 2. The van der Waals surface area contributed by atoms with Gasteiger partial charge >= 0.3 is 0 Å². The van der Waals surface area contributed by atoms with E-state index in [9.17, 15) is 10.2 Å². The molecule has 0 unspecified atom stereocenters. The number of benzene rings is 1. The number of aryl methyl sites for hydroxylation is 1. The zero-order chi connectivity index (χ0) is 16.3. The van der Waals surface area contributed by atoms with Crippen LogP contribution < -0.4 is 0 Å². The maximum atomic E-state index is 10.4. The molecule has 0 heterocycles. The van der Waals surface area contributed by atoms with Gasteiger partial charge in [0, 0.05) is 12.0 Å². The molecule has 0 aliphatic heterocycles. The van der Waals surface area contributed by atoms with Crippen LogP contribution in [0.4, 0.5) is 0 Å². The Labute approximate surface area is 129 Å². The lowest BCUT2D eigenvalue weighted by molar-refractivity contribution is -0.111. The molecule has 120 valence electrons. The molecule has 21 heavy (non-hydrogen) atoms. The molecule has 0 aliphatic rings. The third-order valence-electron chi connectivity index (χ3n) is 3.25. The van der Waals surface area contributed by atoms with Gasteiger partial charge in [0.15, 0.2) is 0 Å². The predicted molar refractivity (Wildman–Crippen MR) is 87.0 cm³/mol. The van der Waals surface area contributed by atoms with Crippen LogP contribution in [-0.2, 0) is 17.6 Å². The van der Waals surface area contributed by atoms with Crippen molar-refractivity contribution in [3.63, 3.8) is 0 Å². The molecule has 0 amide bonds. The zero-order valence-electron chi connectivity index (χ0n) is 14.3. The van der Waals surface area contributed by atoms with Crippen LogP contribution in [0.2, 0.25) is 0 Å². The molecule has 1 rings (SSSR count). The molecule has 0 aromatic heterocycles. The molecule has 3 heteroatoms. The van der Waals surface area contributed by atoms with Gasteiger partial charge in [0.25, 0.3) is 0 Å². The summed E-state index contributed by atoms with van der Waals surface area (Å²) in [5.41, 5.74) is 0.903. The first-order chi connectivity index (χ1) is 9.54. The van der Waals surface area contributed by atoms with Crippen molar-refractivity contribution in [1.29, 1.82) is 0 Å². The van der Waals surface area contributed by atoms with Gasteiger partial charge in [-0.15, -0.1) is 0 Å². The highest BCUT2D eigenvalue weighted by atomic mass is 16.5. The van der Waals surface area contributed by atoms with E-state index in [1.54, 1.807) is 12.1 Å². The van der Waals surface area contributed by atoms with E-state index >= 15 is 0 Å². The fraction of sp³-hybridized carbons (Fsp3) is 0.667. The standard InChI is InChI=1S/C18H30O3/c1-7-8-9-13-10-15(19)11-14(16(13)20)12-18(5,6)21-17(2,3)4/h10-11,19-20H,7-9,12H2,1-6H3. The van der Waals surface area contributed by atoms with E-state index in [0.29, 0.717) is 12.2 Å².